The van der Waals surface area contributed by atoms with Crippen LogP contribution in [0.15, 0.2) is 23.1 Å². The summed E-state index contributed by atoms with van der Waals surface area (Å²) in [5.74, 6) is 0.00343. The largest absolute Gasteiger partial charge is 0.335 e. The highest BCUT2D eigenvalue weighted by Gasteiger charge is 2.26. The van der Waals surface area contributed by atoms with Crippen molar-refractivity contribution in [3.63, 3.8) is 0 Å². The average molecular weight is 299 g/mol. The first-order valence-electron chi connectivity index (χ1n) is 6.47. The summed E-state index contributed by atoms with van der Waals surface area (Å²) in [6.07, 6.45) is 0.991. The minimum atomic E-state index is 0.00343. The van der Waals surface area contributed by atoms with Crippen molar-refractivity contribution in [1.29, 1.82) is 0 Å². The van der Waals surface area contributed by atoms with E-state index in [9.17, 15) is 4.79 Å². The minimum Gasteiger partial charge on any atom is -0.335 e. The molecule has 1 saturated heterocycles. The Morgan fingerprint density at radius 2 is 2.16 bits per heavy atom. The summed E-state index contributed by atoms with van der Waals surface area (Å²) >= 11 is 10.4. The van der Waals surface area contributed by atoms with Gasteiger partial charge < -0.3 is 9.80 Å². The minimum absolute atomic E-state index is 0.00343. The summed E-state index contributed by atoms with van der Waals surface area (Å²) in [7, 11) is 2.09. The lowest BCUT2D eigenvalue weighted by atomic mass is 10.1. The Kier molecular flexibility index (Phi) is 4.76. The first-order valence-corrected chi connectivity index (χ1v) is 7.29. The molecule has 0 N–H and O–H groups in total. The standard InChI is InChI=1S/C14H19ClN2OS/c1-10-9-16(2)6-3-7-17(10)14(18)12-8-11(19)4-5-13(12)15/h4-5,8,10,19H,3,6-7,9H2,1-2H3. The second kappa shape index (κ2) is 6.16. The summed E-state index contributed by atoms with van der Waals surface area (Å²) < 4.78 is 0. The molecule has 1 aromatic rings. The van der Waals surface area contributed by atoms with Crippen LogP contribution in [0.25, 0.3) is 0 Å². The normalized spacial score (nSPS) is 21.3. The topological polar surface area (TPSA) is 23.6 Å². The molecule has 1 heterocycles. The molecule has 0 spiro atoms. The van der Waals surface area contributed by atoms with Crippen LogP contribution in [-0.4, -0.2) is 48.4 Å². The number of carbonyl (C=O) groups excluding carboxylic acids is 1. The molecule has 19 heavy (non-hydrogen) atoms. The van der Waals surface area contributed by atoms with Gasteiger partial charge in [0, 0.05) is 24.0 Å². The van der Waals surface area contributed by atoms with Crippen LogP contribution in [0.3, 0.4) is 0 Å². The van der Waals surface area contributed by atoms with Crippen molar-refractivity contribution in [2.75, 3.05) is 26.7 Å². The molecule has 1 atom stereocenters. The molecule has 0 radical (unpaired) electrons. The van der Waals surface area contributed by atoms with Gasteiger partial charge in [-0.15, -0.1) is 12.6 Å². The summed E-state index contributed by atoms with van der Waals surface area (Å²) in [5, 5.41) is 0.493. The van der Waals surface area contributed by atoms with E-state index in [2.05, 4.69) is 31.5 Å². The van der Waals surface area contributed by atoms with Crippen molar-refractivity contribution in [2.45, 2.75) is 24.3 Å². The van der Waals surface area contributed by atoms with E-state index in [-0.39, 0.29) is 11.9 Å². The van der Waals surface area contributed by atoms with Crippen molar-refractivity contribution >= 4 is 30.1 Å². The Bertz CT molecular complexity index is 481. The molecule has 5 heteroatoms. The maximum Gasteiger partial charge on any atom is 0.255 e. The van der Waals surface area contributed by atoms with Gasteiger partial charge in [0.2, 0.25) is 0 Å². The average Bonchev–Trinajstić information content (AvgIpc) is 2.52. The number of hydrogen-bond acceptors (Lipinski definition) is 3. The van der Waals surface area contributed by atoms with E-state index < -0.39 is 0 Å². The molecular formula is C14H19ClN2OS. The fourth-order valence-corrected chi connectivity index (χ4v) is 2.91. The second-order valence-electron chi connectivity index (χ2n) is 5.13. The third kappa shape index (κ3) is 3.44. The molecule has 1 aromatic carbocycles. The van der Waals surface area contributed by atoms with Gasteiger partial charge >= 0.3 is 0 Å². The Balaban J connectivity index is 2.25. The van der Waals surface area contributed by atoms with Gasteiger partial charge in [0.15, 0.2) is 0 Å². The molecule has 1 aliphatic rings. The van der Waals surface area contributed by atoms with E-state index in [1.807, 2.05) is 4.90 Å². The van der Waals surface area contributed by atoms with Gasteiger partial charge in [-0.2, -0.15) is 0 Å². The van der Waals surface area contributed by atoms with E-state index in [1.54, 1.807) is 18.2 Å². The molecule has 1 fully saturated rings. The summed E-state index contributed by atoms with van der Waals surface area (Å²) in [5.41, 5.74) is 0.547. The van der Waals surface area contributed by atoms with Gasteiger partial charge in [-0.1, -0.05) is 11.6 Å². The van der Waals surface area contributed by atoms with Crippen molar-refractivity contribution in [2.24, 2.45) is 0 Å². The molecule has 0 aliphatic carbocycles. The lowest BCUT2D eigenvalue weighted by Gasteiger charge is -2.28. The summed E-state index contributed by atoms with van der Waals surface area (Å²) in [6.45, 7) is 4.77. The zero-order valence-corrected chi connectivity index (χ0v) is 12.9. The van der Waals surface area contributed by atoms with Crippen LogP contribution in [0.4, 0.5) is 0 Å². The molecule has 1 aliphatic heterocycles. The number of carbonyl (C=O) groups is 1. The second-order valence-corrected chi connectivity index (χ2v) is 6.05. The Hall–Kier alpha value is -0.710. The van der Waals surface area contributed by atoms with Gasteiger partial charge in [-0.25, -0.2) is 0 Å². The van der Waals surface area contributed by atoms with Gasteiger partial charge in [-0.3, -0.25) is 4.79 Å². The van der Waals surface area contributed by atoms with E-state index in [1.165, 1.54) is 0 Å². The van der Waals surface area contributed by atoms with Gasteiger partial charge in [0.25, 0.3) is 5.91 Å². The van der Waals surface area contributed by atoms with Gasteiger partial charge in [-0.05, 0) is 45.1 Å². The summed E-state index contributed by atoms with van der Waals surface area (Å²) in [6, 6.07) is 5.46. The van der Waals surface area contributed by atoms with Crippen LogP contribution in [0.5, 0.6) is 0 Å². The smallest absolute Gasteiger partial charge is 0.255 e. The Labute approximate surface area is 124 Å². The van der Waals surface area contributed by atoms with Crippen molar-refractivity contribution in [1.82, 2.24) is 9.80 Å². The Morgan fingerprint density at radius 3 is 2.89 bits per heavy atom. The first-order chi connectivity index (χ1) is 8.99. The van der Waals surface area contributed by atoms with Crippen LogP contribution < -0.4 is 0 Å². The van der Waals surface area contributed by atoms with Crippen LogP contribution in [0.2, 0.25) is 5.02 Å². The molecule has 104 valence electrons. The molecule has 3 nitrogen and oxygen atoms in total. The highest BCUT2D eigenvalue weighted by molar-refractivity contribution is 7.80. The maximum absolute atomic E-state index is 12.6. The molecule has 0 aromatic heterocycles. The SMILES string of the molecule is CC1CN(C)CCCN1C(=O)c1cc(S)ccc1Cl. The number of rotatable bonds is 1. The van der Waals surface area contributed by atoms with E-state index >= 15 is 0 Å². The number of benzene rings is 1. The zero-order chi connectivity index (χ0) is 14.0. The van der Waals surface area contributed by atoms with Crippen LogP contribution in [0.1, 0.15) is 23.7 Å². The Morgan fingerprint density at radius 1 is 1.42 bits per heavy atom. The number of amides is 1. The van der Waals surface area contributed by atoms with Crippen LogP contribution >= 0.6 is 24.2 Å². The predicted octanol–water partition coefficient (Wildman–Crippen LogP) is 2.79. The highest BCUT2D eigenvalue weighted by atomic mass is 35.5. The third-order valence-corrected chi connectivity index (χ3v) is 4.10. The van der Waals surface area contributed by atoms with E-state index in [4.69, 9.17) is 11.6 Å². The van der Waals surface area contributed by atoms with Crippen molar-refractivity contribution < 1.29 is 4.79 Å². The fourth-order valence-electron chi connectivity index (χ4n) is 2.51. The molecule has 1 amide bonds. The highest BCUT2D eigenvalue weighted by Crippen LogP contribution is 2.23. The predicted molar refractivity (Wildman–Crippen MR) is 81.3 cm³/mol. The van der Waals surface area contributed by atoms with Crippen LogP contribution in [-0.2, 0) is 0 Å². The summed E-state index contributed by atoms with van der Waals surface area (Å²) in [4.78, 5) is 17.6. The fraction of sp³-hybridized carbons (Fsp3) is 0.500. The van der Waals surface area contributed by atoms with Gasteiger partial charge in [0.1, 0.15) is 0 Å². The first kappa shape index (κ1) is 14.7. The van der Waals surface area contributed by atoms with Crippen molar-refractivity contribution in [3.05, 3.63) is 28.8 Å². The maximum atomic E-state index is 12.6. The zero-order valence-electron chi connectivity index (χ0n) is 11.3. The molecule has 0 saturated carbocycles. The quantitative estimate of drug-likeness (QED) is 0.806. The van der Waals surface area contributed by atoms with E-state index in [0.717, 1.165) is 31.0 Å². The lowest BCUT2D eigenvalue weighted by Crippen LogP contribution is -2.42. The number of hydrogen-bond donors (Lipinski definition) is 1. The van der Waals surface area contributed by atoms with Crippen molar-refractivity contribution in [3.8, 4) is 0 Å². The number of likely N-dealkylation sites (N-methyl/N-ethyl adjacent to an activating group) is 1. The lowest BCUT2D eigenvalue weighted by molar-refractivity contribution is 0.0696. The number of thiol groups is 1. The number of nitrogens with zero attached hydrogens (tertiary/aromatic N) is 2. The molecule has 2 rings (SSSR count). The number of halogens is 1. The van der Waals surface area contributed by atoms with E-state index in [0.29, 0.717) is 10.6 Å². The molecular weight excluding hydrogens is 280 g/mol. The monoisotopic (exact) mass is 298 g/mol. The molecule has 0 bridgehead atoms. The molecule has 1 unspecified atom stereocenters. The van der Waals surface area contributed by atoms with Gasteiger partial charge in [0.05, 0.1) is 10.6 Å². The van der Waals surface area contributed by atoms with Crippen LogP contribution in [0, 0.1) is 0 Å². The third-order valence-electron chi connectivity index (χ3n) is 3.49.